The van der Waals surface area contributed by atoms with Crippen LogP contribution in [0, 0.1) is 23.2 Å². The maximum atomic E-state index is 14.6. The molecule has 1 atom stereocenters. The van der Waals surface area contributed by atoms with E-state index < -0.39 is 39.4 Å². The van der Waals surface area contributed by atoms with Crippen molar-refractivity contribution in [2.24, 2.45) is 56.7 Å². The van der Waals surface area contributed by atoms with Crippen LogP contribution in [0.3, 0.4) is 0 Å². The second-order valence-corrected chi connectivity index (χ2v) is 11.6. The normalized spacial score (nSPS) is 23.5. The average molecular weight is 532 g/mol. The number of Topliss-reactive ketones (excluding diaryl/α,β-unsaturated/α-hetero) is 1. The first kappa shape index (κ1) is 29.0. The lowest BCUT2D eigenvalue weighted by Gasteiger charge is -2.63. The van der Waals surface area contributed by atoms with Crippen molar-refractivity contribution in [2.45, 2.75) is 110 Å². The van der Waals surface area contributed by atoms with Crippen LogP contribution in [-0.2, 0) is 4.79 Å². The number of hydrogen-bond acceptors (Lipinski definition) is 9. The predicted octanol–water partition coefficient (Wildman–Crippen LogP) is 5.23. The summed E-state index contributed by atoms with van der Waals surface area (Å²) in [4.78, 5) is 54.4. The number of aliphatic imine (C=N–C) groups is 8. The van der Waals surface area contributed by atoms with Gasteiger partial charge in [-0.2, -0.15) is 0 Å². The lowest BCUT2D eigenvalue weighted by Crippen LogP contribution is -2.71. The van der Waals surface area contributed by atoms with Crippen LogP contribution in [0.5, 0.6) is 0 Å². The Hall–Kier alpha value is -2.97. The van der Waals surface area contributed by atoms with Crippen LogP contribution >= 0.6 is 0 Å². The summed E-state index contributed by atoms with van der Waals surface area (Å²) >= 11 is 0. The Morgan fingerprint density at radius 3 is 1.28 bits per heavy atom. The standard InChI is InChI=1S/C30H43N8O/c1-8-10-11-12-14-30(27(6)35-19-20-36-27,28(7)37-21-22-38-28)24(23(3)39)29(13-9-2,25(4)31-15-16-32-25)26(5)33-17-18-34-26/h10,15-22,24H,8-9,11-14H2,1-7H3. The summed E-state index contributed by atoms with van der Waals surface area (Å²) in [5.41, 5.74) is -6.03. The molecule has 4 aliphatic heterocycles. The van der Waals surface area contributed by atoms with Crippen molar-refractivity contribution in [3.63, 3.8) is 0 Å². The minimum Gasteiger partial charge on any atom is -0.300 e. The van der Waals surface area contributed by atoms with E-state index >= 15 is 0 Å². The van der Waals surface area contributed by atoms with Gasteiger partial charge in [0.2, 0.25) is 0 Å². The van der Waals surface area contributed by atoms with Crippen LogP contribution in [0.15, 0.2) is 39.9 Å². The Morgan fingerprint density at radius 1 is 0.667 bits per heavy atom. The topological polar surface area (TPSA) is 116 Å². The van der Waals surface area contributed by atoms with Gasteiger partial charge in [-0.05, 0) is 53.9 Å². The number of unbranched alkanes of at least 4 members (excludes halogenated alkanes) is 3. The highest BCUT2D eigenvalue weighted by Crippen LogP contribution is 2.68. The molecule has 209 valence electrons. The van der Waals surface area contributed by atoms with E-state index in [1.54, 1.807) is 56.6 Å². The van der Waals surface area contributed by atoms with E-state index in [0.29, 0.717) is 12.8 Å². The van der Waals surface area contributed by atoms with Crippen molar-refractivity contribution < 1.29 is 4.79 Å². The average Bonchev–Trinajstić information content (AvgIpc) is 3.70. The molecule has 4 rings (SSSR count). The first-order valence-electron chi connectivity index (χ1n) is 14.2. The number of rotatable bonds is 14. The monoisotopic (exact) mass is 531 g/mol. The van der Waals surface area contributed by atoms with Gasteiger partial charge in [-0.25, -0.2) is 0 Å². The van der Waals surface area contributed by atoms with Gasteiger partial charge >= 0.3 is 0 Å². The molecule has 0 bridgehead atoms. The number of carbonyl (C=O) groups is 1. The minimum absolute atomic E-state index is 0.00276. The molecule has 0 spiro atoms. The maximum absolute atomic E-state index is 14.6. The van der Waals surface area contributed by atoms with E-state index in [2.05, 4.69) is 20.3 Å². The molecule has 9 nitrogen and oxygen atoms in total. The van der Waals surface area contributed by atoms with E-state index in [9.17, 15) is 4.79 Å². The molecule has 0 saturated carbocycles. The summed E-state index contributed by atoms with van der Waals surface area (Å²) in [7, 11) is 0. The van der Waals surface area contributed by atoms with Gasteiger partial charge in [0.15, 0.2) is 22.7 Å². The van der Waals surface area contributed by atoms with E-state index in [1.807, 2.05) is 27.7 Å². The molecule has 0 aromatic heterocycles. The number of carbonyl (C=O) groups excluding carboxylic acids is 1. The van der Waals surface area contributed by atoms with Gasteiger partial charge in [-0.3, -0.25) is 44.7 Å². The molecule has 4 aliphatic rings. The van der Waals surface area contributed by atoms with E-state index in [4.69, 9.17) is 39.9 Å². The molecule has 1 unspecified atom stereocenters. The summed E-state index contributed by atoms with van der Waals surface area (Å²) in [5.74, 6) is -0.715. The highest BCUT2D eigenvalue weighted by atomic mass is 16.1. The number of ketones is 1. The Balaban J connectivity index is 2.14. The van der Waals surface area contributed by atoms with Crippen molar-refractivity contribution in [2.75, 3.05) is 0 Å². The summed E-state index contributed by atoms with van der Waals surface area (Å²) in [6, 6.07) is 0. The molecule has 0 saturated heterocycles. The van der Waals surface area contributed by atoms with Gasteiger partial charge in [0.1, 0.15) is 5.78 Å². The zero-order chi connectivity index (χ0) is 28.4. The van der Waals surface area contributed by atoms with Crippen LogP contribution < -0.4 is 0 Å². The van der Waals surface area contributed by atoms with Crippen molar-refractivity contribution >= 4 is 55.5 Å². The number of hydrogen-bond donors (Lipinski definition) is 0. The third-order valence-corrected chi connectivity index (χ3v) is 9.56. The van der Waals surface area contributed by atoms with Crippen LogP contribution in [0.4, 0.5) is 0 Å². The summed E-state index contributed by atoms with van der Waals surface area (Å²) < 4.78 is 0. The van der Waals surface area contributed by atoms with Crippen LogP contribution in [0.1, 0.15) is 87.0 Å². The van der Waals surface area contributed by atoms with Crippen molar-refractivity contribution in [3.8, 4) is 0 Å². The lowest BCUT2D eigenvalue weighted by atomic mass is 9.44. The molecular weight excluding hydrogens is 488 g/mol. The van der Waals surface area contributed by atoms with Gasteiger partial charge < -0.3 is 0 Å². The summed E-state index contributed by atoms with van der Waals surface area (Å²) in [6.07, 6.45) is 20.8. The third kappa shape index (κ3) is 4.14. The highest BCUT2D eigenvalue weighted by molar-refractivity contribution is 6.19. The Bertz CT molecular complexity index is 1070. The SMILES string of the molecule is CC[CH]CCCC(C(C(C)=O)C(CCC)(C1(C)N=CC=N1)C1(C)N=CC=N1)(C1(C)N=CC=N1)C1(C)N=CC=N1. The fourth-order valence-corrected chi connectivity index (χ4v) is 7.95. The van der Waals surface area contributed by atoms with E-state index in [1.165, 1.54) is 0 Å². The van der Waals surface area contributed by atoms with Crippen LogP contribution in [0.25, 0.3) is 0 Å². The van der Waals surface area contributed by atoms with Gasteiger partial charge in [-0.15, -0.1) is 0 Å². The van der Waals surface area contributed by atoms with Crippen molar-refractivity contribution in [1.29, 1.82) is 0 Å². The molecule has 0 aliphatic carbocycles. The zero-order valence-corrected chi connectivity index (χ0v) is 24.5. The molecule has 0 N–H and O–H groups in total. The maximum Gasteiger partial charge on any atom is 0.157 e. The van der Waals surface area contributed by atoms with E-state index in [-0.39, 0.29) is 5.78 Å². The molecule has 4 heterocycles. The second-order valence-electron chi connectivity index (χ2n) is 11.6. The fourth-order valence-electron chi connectivity index (χ4n) is 7.95. The molecule has 0 aromatic carbocycles. The quantitative estimate of drug-likeness (QED) is 0.280. The lowest BCUT2D eigenvalue weighted by molar-refractivity contribution is -0.163. The molecule has 0 amide bonds. The third-order valence-electron chi connectivity index (χ3n) is 9.56. The first-order valence-corrected chi connectivity index (χ1v) is 14.2. The molecular formula is C30H43N8O. The van der Waals surface area contributed by atoms with Crippen LogP contribution in [0.2, 0.25) is 0 Å². The molecule has 0 fully saturated rings. The first-order chi connectivity index (χ1) is 18.5. The summed E-state index contributed by atoms with van der Waals surface area (Å²) in [6.45, 7) is 14.0. The van der Waals surface area contributed by atoms with Gasteiger partial charge in [0.05, 0.1) is 10.8 Å². The van der Waals surface area contributed by atoms with Crippen molar-refractivity contribution in [3.05, 3.63) is 6.42 Å². The van der Waals surface area contributed by atoms with Gasteiger partial charge in [0, 0.05) is 55.6 Å². The fraction of sp³-hybridized carbons (Fsp3) is 0.667. The zero-order valence-electron chi connectivity index (χ0n) is 24.5. The molecule has 1 radical (unpaired) electrons. The Labute approximate surface area is 233 Å². The summed E-state index contributed by atoms with van der Waals surface area (Å²) in [5, 5.41) is 0. The largest absolute Gasteiger partial charge is 0.300 e. The van der Waals surface area contributed by atoms with E-state index in [0.717, 1.165) is 25.7 Å². The molecule has 0 aromatic rings. The Kier molecular flexibility index (Phi) is 7.85. The smallest absolute Gasteiger partial charge is 0.157 e. The Morgan fingerprint density at radius 2 is 1.00 bits per heavy atom. The minimum atomic E-state index is -1.02. The molecule has 9 heteroatoms. The van der Waals surface area contributed by atoms with Crippen LogP contribution in [-0.4, -0.2) is 78.2 Å². The molecule has 39 heavy (non-hydrogen) atoms. The highest BCUT2D eigenvalue weighted by Gasteiger charge is 2.76. The van der Waals surface area contributed by atoms with Gasteiger partial charge in [0.25, 0.3) is 0 Å². The number of nitrogens with zero attached hydrogens (tertiary/aromatic N) is 8. The predicted molar refractivity (Wildman–Crippen MR) is 164 cm³/mol. The second kappa shape index (κ2) is 10.5. The van der Waals surface area contributed by atoms with Gasteiger partial charge in [-0.1, -0.05) is 39.5 Å². The van der Waals surface area contributed by atoms with Crippen molar-refractivity contribution in [1.82, 2.24) is 0 Å².